The van der Waals surface area contributed by atoms with E-state index in [-0.39, 0.29) is 5.78 Å². The van der Waals surface area contributed by atoms with E-state index in [2.05, 4.69) is 11.0 Å². The van der Waals surface area contributed by atoms with Gasteiger partial charge in [0, 0.05) is 37.4 Å². The Hall–Kier alpha value is -2.46. The number of para-hydroxylation sites is 1. The van der Waals surface area contributed by atoms with Gasteiger partial charge in [-0.25, -0.2) is 0 Å². The highest BCUT2D eigenvalue weighted by Crippen LogP contribution is 2.37. The minimum Gasteiger partial charge on any atom is -0.390 e. The molecule has 1 aromatic carbocycles. The number of aliphatic hydroxyl groups is 1. The number of β-amino-alcohol motifs (C(OH)–C–C–N with tert-alkyl or cyclic N) is 1. The van der Waals surface area contributed by atoms with E-state index in [1.54, 1.807) is 6.92 Å². The number of hydrogen-bond acceptors (Lipinski definition) is 6. The summed E-state index contributed by atoms with van der Waals surface area (Å²) in [7, 11) is 0. The second-order valence-electron chi connectivity index (χ2n) is 7.35. The average molecular weight is 381 g/mol. The molecule has 0 spiro atoms. The molecule has 1 fully saturated rings. The number of carbonyl (C=O) groups is 1. The van der Waals surface area contributed by atoms with Crippen LogP contribution in [0, 0.1) is 11.3 Å². The van der Waals surface area contributed by atoms with E-state index >= 15 is 0 Å². The maximum absolute atomic E-state index is 11.5. The van der Waals surface area contributed by atoms with Crippen LogP contribution in [0.1, 0.15) is 19.4 Å². The van der Waals surface area contributed by atoms with Crippen molar-refractivity contribution in [3.05, 3.63) is 52.7 Å². The number of ketones is 1. The third-order valence-corrected chi connectivity index (χ3v) is 5.15. The van der Waals surface area contributed by atoms with Crippen LogP contribution in [0.5, 0.6) is 0 Å². The Balaban J connectivity index is 1.88. The summed E-state index contributed by atoms with van der Waals surface area (Å²) in [6.45, 7) is 7.27. The maximum atomic E-state index is 11.5. The molecule has 1 unspecified atom stereocenters. The molecule has 6 nitrogen and oxygen atoms in total. The van der Waals surface area contributed by atoms with Crippen molar-refractivity contribution < 1.29 is 14.6 Å². The first-order valence-corrected chi connectivity index (χ1v) is 9.65. The highest BCUT2D eigenvalue weighted by molar-refractivity contribution is 5.89. The average Bonchev–Trinajstić information content (AvgIpc) is 3.01. The summed E-state index contributed by atoms with van der Waals surface area (Å²) in [5.74, 6) is -0.0831. The summed E-state index contributed by atoms with van der Waals surface area (Å²) in [6.07, 6.45) is 1.56. The van der Waals surface area contributed by atoms with Crippen LogP contribution in [-0.4, -0.2) is 61.3 Å². The van der Waals surface area contributed by atoms with Crippen LogP contribution in [0.3, 0.4) is 0 Å². The van der Waals surface area contributed by atoms with E-state index in [0.29, 0.717) is 43.9 Å². The zero-order valence-electron chi connectivity index (χ0n) is 16.5. The van der Waals surface area contributed by atoms with Gasteiger partial charge in [-0.15, -0.1) is 0 Å². The van der Waals surface area contributed by atoms with Gasteiger partial charge in [-0.3, -0.25) is 9.69 Å². The predicted octanol–water partition coefficient (Wildman–Crippen LogP) is 2.06. The van der Waals surface area contributed by atoms with Gasteiger partial charge in [0.25, 0.3) is 0 Å². The molecule has 1 N–H and O–H groups in total. The molecule has 28 heavy (non-hydrogen) atoms. The first-order valence-electron chi connectivity index (χ1n) is 9.65. The molecule has 2 aliphatic heterocycles. The van der Waals surface area contributed by atoms with Crippen LogP contribution < -0.4 is 4.90 Å². The van der Waals surface area contributed by atoms with Gasteiger partial charge in [-0.2, -0.15) is 5.26 Å². The number of anilines is 1. The van der Waals surface area contributed by atoms with E-state index in [9.17, 15) is 15.2 Å². The minimum atomic E-state index is -0.559. The third kappa shape index (κ3) is 4.68. The second kappa shape index (κ2) is 9.16. The summed E-state index contributed by atoms with van der Waals surface area (Å²) in [6, 6.07) is 10.3. The van der Waals surface area contributed by atoms with Crippen molar-refractivity contribution in [3.63, 3.8) is 0 Å². The third-order valence-electron chi connectivity index (χ3n) is 5.15. The molecule has 0 bridgehead atoms. The lowest BCUT2D eigenvalue weighted by molar-refractivity contribution is -0.112. The van der Waals surface area contributed by atoms with Crippen molar-refractivity contribution in [1.82, 2.24) is 4.90 Å². The molecule has 1 aromatic rings. The quantitative estimate of drug-likeness (QED) is 0.600. The summed E-state index contributed by atoms with van der Waals surface area (Å²) in [4.78, 5) is 15.7. The van der Waals surface area contributed by atoms with E-state index in [0.717, 1.165) is 30.0 Å². The first-order chi connectivity index (χ1) is 13.5. The molecule has 6 heteroatoms. The zero-order chi connectivity index (χ0) is 20.1. The number of morpholine rings is 1. The molecular formula is C22H27N3O3. The van der Waals surface area contributed by atoms with Crippen molar-refractivity contribution in [2.45, 2.75) is 26.4 Å². The number of ether oxygens (including phenoxy) is 1. The molecule has 0 aromatic heterocycles. The molecule has 2 aliphatic rings. The summed E-state index contributed by atoms with van der Waals surface area (Å²) < 4.78 is 5.37. The fourth-order valence-electron chi connectivity index (χ4n) is 3.88. The molecule has 0 amide bonds. The second-order valence-corrected chi connectivity index (χ2v) is 7.35. The first kappa shape index (κ1) is 20.3. The van der Waals surface area contributed by atoms with Gasteiger partial charge in [0.15, 0.2) is 5.78 Å². The SMILES string of the molecule is CC(=O)/C=C(C)\C(C#N)=C1/Cc2ccccc2N1CC(O)CN1CCOCC1. The maximum Gasteiger partial charge on any atom is 0.152 e. The normalized spacial score (nSPS) is 20.5. The number of nitriles is 1. The van der Waals surface area contributed by atoms with Crippen LogP contribution in [0.15, 0.2) is 47.2 Å². The Morgan fingerprint density at radius 3 is 2.68 bits per heavy atom. The van der Waals surface area contributed by atoms with Gasteiger partial charge >= 0.3 is 0 Å². The predicted molar refractivity (Wildman–Crippen MR) is 108 cm³/mol. The number of carbonyl (C=O) groups excluding carboxylic acids is 1. The van der Waals surface area contributed by atoms with Crippen molar-refractivity contribution in [2.24, 2.45) is 0 Å². The lowest BCUT2D eigenvalue weighted by Crippen LogP contribution is -2.44. The number of nitrogens with zero attached hydrogens (tertiary/aromatic N) is 3. The Morgan fingerprint density at radius 1 is 1.29 bits per heavy atom. The largest absolute Gasteiger partial charge is 0.390 e. The van der Waals surface area contributed by atoms with Crippen molar-refractivity contribution in [3.8, 4) is 6.07 Å². The number of rotatable bonds is 6. The smallest absolute Gasteiger partial charge is 0.152 e. The highest BCUT2D eigenvalue weighted by Gasteiger charge is 2.29. The zero-order valence-corrected chi connectivity index (χ0v) is 16.5. The lowest BCUT2D eigenvalue weighted by atomic mass is 10.0. The number of aliphatic hydroxyl groups excluding tert-OH is 1. The van der Waals surface area contributed by atoms with Gasteiger partial charge < -0.3 is 14.7 Å². The molecule has 0 saturated carbocycles. The van der Waals surface area contributed by atoms with E-state index in [1.165, 1.54) is 13.0 Å². The fourth-order valence-corrected chi connectivity index (χ4v) is 3.88. The molecule has 0 aliphatic carbocycles. The van der Waals surface area contributed by atoms with Gasteiger partial charge in [0.2, 0.25) is 0 Å². The summed E-state index contributed by atoms with van der Waals surface area (Å²) in [5, 5.41) is 20.5. The Bertz CT molecular complexity index is 832. The van der Waals surface area contributed by atoms with Gasteiger partial charge in [0.1, 0.15) is 6.07 Å². The topological polar surface area (TPSA) is 76.8 Å². The van der Waals surface area contributed by atoms with Crippen LogP contribution in [0.2, 0.25) is 0 Å². The van der Waals surface area contributed by atoms with E-state index in [1.807, 2.05) is 29.2 Å². The van der Waals surface area contributed by atoms with Crippen molar-refractivity contribution in [2.75, 3.05) is 44.3 Å². The van der Waals surface area contributed by atoms with Crippen molar-refractivity contribution in [1.29, 1.82) is 5.26 Å². The monoisotopic (exact) mass is 381 g/mol. The molecule has 0 radical (unpaired) electrons. The molecular weight excluding hydrogens is 354 g/mol. The van der Waals surface area contributed by atoms with Crippen LogP contribution >= 0.6 is 0 Å². The Labute approximate surface area is 166 Å². The van der Waals surface area contributed by atoms with Crippen LogP contribution in [0.4, 0.5) is 5.69 Å². The number of benzene rings is 1. The van der Waals surface area contributed by atoms with Crippen LogP contribution in [0.25, 0.3) is 0 Å². The van der Waals surface area contributed by atoms with E-state index in [4.69, 9.17) is 4.74 Å². The van der Waals surface area contributed by atoms with Gasteiger partial charge in [-0.05, 0) is 37.1 Å². The summed E-state index contributed by atoms with van der Waals surface area (Å²) >= 11 is 0. The standard InChI is InChI=1S/C22H27N3O3/c1-16(11-17(2)26)20(13-23)22-12-18-5-3-4-6-21(18)25(22)15-19(27)14-24-7-9-28-10-8-24/h3-6,11,19,27H,7-10,12,14-15H2,1-2H3/b16-11-,22-20+. The molecule has 2 heterocycles. The molecule has 1 atom stereocenters. The lowest BCUT2D eigenvalue weighted by Gasteiger charge is -2.31. The molecule has 148 valence electrons. The molecule has 3 rings (SSSR count). The number of allylic oxidation sites excluding steroid dienone is 4. The van der Waals surface area contributed by atoms with Crippen LogP contribution in [-0.2, 0) is 16.0 Å². The van der Waals surface area contributed by atoms with Crippen molar-refractivity contribution >= 4 is 11.5 Å². The molecule has 1 saturated heterocycles. The highest BCUT2D eigenvalue weighted by atomic mass is 16.5. The fraction of sp³-hybridized carbons (Fsp3) is 0.455. The van der Waals surface area contributed by atoms with Gasteiger partial charge in [0.05, 0.1) is 31.4 Å². The van der Waals surface area contributed by atoms with Gasteiger partial charge in [-0.1, -0.05) is 18.2 Å². The Kier molecular flexibility index (Phi) is 6.63. The van der Waals surface area contributed by atoms with E-state index < -0.39 is 6.10 Å². The number of hydrogen-bond donors (Lipinski definition) is 1. The number of fused-ring (bicyclic) bond motifs is 1. The minimum absolute atomic E-state index is 0.0831. The Morgan fingerprint density at radius 2 is 2.00 bits per heavy atom. The summed E-state index contributed by atoms with van der Waals surface area (Å²) in [5.41, 5.74) is 4.15.